The average molecular weight is 222 g/mol. The van der Waals surface area contributed by atoms with Crippen LogP contribution in [0.4, 0.5) is 0 Å². The quantitative estimate of drug-likeness (QED) is 0.573. The van der Waals surface area contributed by atoms with Gasteiger partial charge in [-0.05, 0) is 32.9 Å². The Labute approximate surface area is 87.2 Å². The maximum absolute atomic E-state index is 11.2. The summed E-state index contributed by atoms with van der Waals surface area (Å²) >= 11 is 0. The summed E-state index contributed by atoms with van der Waals surface area (Å²) in [5, 5.41) is 3.17. The van der Waals surface area contributed by atoms with E-state index in [2.05, 4.69) is 5.32 Å². The summed E-state index contributed by atoms with van der Waals surface area (Å²) in [6.07, 6.45) is 1.99. The van der Waals surface area contributed by atoms with Crippen LogP contribution >= 0.6 is 0 Å². The van der Waals surface area contributed by atoms with Crippen LogP contribution in [-0.2, 0) is 9.84 Å². The Morgan fingerprint density at radius 1 is 1.36 bits per heavy atom. The first-order chi connectivity index (χ1) is 6.52. The van der Waals surface area contributed by atoms with Crippen molar-refractivity contribution in [1.29, 1.82) is 0 Å². The smallest absolute Gasteiger partial charge is 0.151 e. The Balaban J connectivity index is 3.60. The number of nitrogens with one attached hydrogen (secondary N) is 1. The van der Waals surface area contributed by atoms with Crippen LogP contribution in [-0.4, -0.2) is 39.1 Å². The van der Waals surface area contributed by atoms with E-state index in [1.165, 1.54) is 0 Å². The van der Waals surface area contributed by atoms with Crippen molar-refractivity contribution in [2.24, 2.45) is 5.73 Å². The van der Waals surface area contributed by atoms with Gasteiger partial charge in [0.15, 0.2) is 9.84 Å². The van der Waals surface area contributed by atoms with Gasteiger partial charge in [-0.15, -0.1) is 0 Å². The van der Waals surface area contributed by atoms with Crippen LogP contribution in [0.25, 0.3) is 0 Å². The van der Waals surface area contributed by atoms with Gasteiger partial charge in [-0.1, -0.05) is 6.92 Å². The Kier molecular flexibility index (Phi) is 7.13. The first-order valence-electron chi connectivity index (χ1n) is 5.15. The molecule has 0 aromatic heterocycles. The fourth-order valence-corrected chi connectivity index (χ4v) is 2.29. The molecule has 0 heterocycles. The highest BCUT2D eigenvalue weighted by molar-refractivity contribution is 7.91. The molecule has 0 spiro atoms. The van der Waals surface area contributed by atoms with E-state index in [9.17, 15) is 8.42 Å². The lowest BCUT2D eigenvalue weighted by Gasteiger charge is -2.12. The van der Waals surface area contributed by atoms with E-state index in [4.69, 9.17) is 5.73 Å². The second kappa shape index (κ2) is 7.20. The predicted octanol–water partition coefficient (Wildman–Crippen LogP) is 0.138. The SMILES string of the molecule is CCS(=O)(=O)CC(C)NCCCCN. The first kappa shape index (κ1) is 13.9. The Morgan fingerprint density at radius 3 is 2.50 bits per heavy atom. The Bertz CT molecular complexity index is 227. The van der Waals surface area contributed by atoms with Gasteiger partial charge < -0.3 is 11.1 Å². The zero-order valence-corrected chi connectivity index (χ0v) is 9.94. The summed E-state index contributed by atoms with van der Waals surface area (Å²) in [5.74, 6) is 0.452. The highest BCUT2D eigenvalue weighted by Gasteiger charge is 2.12. The largest absolute Gasteiger partial charge is 0.330 e. The molecule has 0 aliphatic carbocycles. The molecule has 0 aromatic carbocycles. The maximum Gasteiger partial charge on any atom is 0.151 e. The van der Waals surface area contributed by atoms with Crippen LogP contribution in [0.3, 0.4) is 0 Å². The van der Waals surface area contributed by atoms with Gasteiger partial charge in [0.05, 0.1) is 5.75 Å². The first-order valence-corrected chi connectivity index (χ1v) is 6.98. The standard InChI is InChI=1S/C9H22N2O2S/c1-3-14(12,13)8-9(2)11-7-5-4-6-10/h9,11H,3-8,10H2,1-2H3. The summed E-state index contributed by atoms with van der Waals surface area (Å²) < 4.78 is 22.5. The number of hydrogen-bond acceptors (Lipinski definition) is 4. The molecule has 0 amide bonds. The second-order valence-electron chi connectivity index (χ2n) is 3.55. The third kappa shape index (κ3) is 7.29. The number of sulfone groups is 1. The number of hydrogen-bond donors (Lipinski definition) is 2. The lowest BCUT2D eigenvalue weighted by molar-refractivity contribution is 0.543. The van der Waals surface area contributed by atoms with E-state index in [0.29, 0.717) is 6.54 Å². The summed E-state index contributed by atoms with van der Waals surface area (Å²) in [6, 6.07) is 0.0396. The van der Waals surface area contributed by atoms with E-state index < -0.39 is 9.84 Å². The normalized spacial score (nSPS) is 14.2. The van der Waals surface area contributed by atoms with Crippen LogP contribution in [0.1, 0.15) is 26.7 Å². The molecular formula is C9H22N2O2S. The summed E-state index contributed by atoms with van der Waals surface area (Å²) in [7, 11) is -2.85. The van der Waals surface area contributed by atoms with Crippen LogP contribution in [0, 0.1) is 0 Å². The van der Waals surface area contributed by atoms with Crippen molar-refractivity contribution < 1.29 is 8.42 Å². The molecule has 0 aliphatic heterocycles. The number of nitrogens with two attached hydrogens (primary N) is 1. The molecule has 4 nitrogen and oxygen atoms in total. The molecule has 0 rings (SSSR count). The minimum absolute atomic E-state index is 0.0396. The van der Waals surface area contributed by atoms with Gasteiger partial charge in [0, 0.05) is 11.8 Å². The molecule has 14 heavy (non-hydrogen) atoms. The number of unbranched alkanes of at least 4 members (excludes halogenated alkanes) is 1. The van der Waals surface area contributed by atoms with E-state index in [-0.39, 0.29) is 17.5 Å². The minimum atomic E-state index is -2.85. The highest BCUT2D eigenvalue weighted by Crippen LogP contribution is 1.94. The van der Waals surface area contributed by atoms with Crippen molar-refractivity contribution in [3.8, 4) is 0 Å². The third-order valence-corrected chi connectivity index (χ3v) is 3.95. The Hall–Kier alpha value is -0.130. The molecule has 0 aromatic rings. The van der Waals surface area contributed by atoms with Crippen molar-refractivity contribution in [1.82, 2.24) is 5.32 Å². The van der Waals surface area contributed by atoms with E-state index in [1.807, 2.05) is 6.92 Å². The molecule has 0 bridgehead atoms. The third-order valence-electron chi connectivity index (χ3n) is 2.07. The van der Waals surface area contributed by atoms with Gasteiger partial charge in [0.25, 0.3) is 0 Å². The molecular weight excluding hydrogens is 200 g/mol. The molecule has 1 atom stereocenters. The van der Waals surface area contributed by atoms with Crippen LogP contribution in [0.5, 0.6) is 0 Å². The van der Waals surface area contributed by atoms with Gasteiger partial charge in [-0.3, -0.25) is 0 Å². The van der Waals surface area contributed by atoms with Crippen LogP contribution < -0.4 is 11.1 Å². The second-order valence-corrected chi connectivity index (χ2v) is 5.95. The zero-order valence-electron chi connectivity index (χ0n) is 9.12. The zero-order chi connectivity index (χ0) is 11.0. The monoisotopic (exact) mass is 222 g/mol. The van der Waals surface area contributed by atoms with Crippen molar-refractivity contribution >= 4 is 9.84 Å². The van der Waals surface area contributed by atoms with Gasteiger partial charge in [0.2, 0.25) is 0 Å². The van der Waals surface area contributed by atoms with Gasteiger partial charge >= 0.3 is 0 Å². The Morgan fingerprint density at radius 2 is 2.00 bits per heavy atom. The van der Waals surface area contributed by atoms with E-state index in [1.54, 1.807) is 6.92 Å². The summed E-state index contributed by atoms with van der Waals surface area (Å²) in [6.45, 7) is 5.12. The van der Waals surface area contributed by atoms with Gasteiger partial charge in [0.1, 0.15) is 0 Å². The van der Waals surface area contributed by atoms with Gasteiger partial charge in [-0.25, -0.2) is 8.42 Å². The van der Waals surface area contributed by atoms with Gasteiger partial charge in [-0.2, -0.15) is 0 Å². The molecule has 5 heteroatoms. The molecule has 86 valence electrons. The molecule has 0 saturated carbocycles. The average Bonchev–Trinajstić information content (AvgIpc) is 2.12. The van der Waals surface area contributed by atoms with Crippen LogP contribution in [0.15, 0.2) is 0 Å². The fraction of sp³-hybridized carbons (Fsp3) is 1.00. The van der Waals surface area contributed by atoms with E-state index in [0.717, 1.165) is 19.4 Å². The molecule has 0 fully saturated rings. The molecule has 1 unspecified atom stereocenters. The summed E-state index contributed by atoms with van der Waals surface area (Å²) in [5.41, 5.74) is 5.35. The fourth-order valence-electron chi connectivity index (χ4n) is 1.18. The lowest BCUT2D eigenvalue weighted by atomic mass is 10.3. The van der Waals surface area contributed by atoms with Crippen molar-refractivity contribution in [3.05, 3.63) is 0 Å². The summed E-state index contributed by atoms with van der Waals surface area (Å²) in [4.78, 5) is 0. The molecule has 0 saturated heterocycles. The molecule has 0 radical (unpaired) electrons. The molecule has 3 N–H and O–H groups in total. The van der Waals surface area contributed by atoms with Crippen molar-refractivity contribution in [2.75, 3.05) is 24.6 Å². The highest BCUT2D eigenvalue weighted by atomic mass is 32.2. The number of rotatable bonds is 8. The lowest BCUT2D eigenvalue weighted by Crippen LogP contribution is -2.34. The maximum atomic E-state index is 11.2. The van der Waals surface area contributed by atoms with Crippen LogP contribution in [0.2, 0.25) is 0 Å². The minimum Gasteiger partial charge on any atom is -0.330 e. The predicted molar refractivity (Wildman–Crippen MR) is 60.1 cm³/mol. The molecule has 0 aliphatic rings. The van der Waals surface area contributed by atoms with Crippen molar-refractivity contribution in [3.63, 3.8) is 0 Å². The topological polar surface area (TPSA) is 72.2 Å². The van der Waals surface area contributed by atoms with Crippen molar-refractivity contribution in [2.45, 2.75) is 32.7 Å². The van der Waals surface area contributed by atoms with E-state index >= 15 is 0 Å².